The Morgan fingerprint density at radius 2 is 1.24 bits per heavy atom. The first-order valence-corrected chi connectivity index (χ1v) is 4.46. The van der Waals surface area contributed by atoms with Crippen molar-refractivity contribution in [3.63, 3.8) is 0 Å². The van der Waals surface area contributed by atoms with Crippen LogP contribution in [0, 0.1) is 0 Å². The summed E-state index contributed by atoms with van der Waals surface area (Å²) in [5.41, 5.74) is 9.44. The van der Waals surface area contributed by atoms with Gasteiger partial charge in [-0.05, 0) is 12.1 Å². The third-order valence-corrected chi connectivity index (χ3v) is 2.31. The highest BCUT2D eigenvalue weighted by atomic mass is 16.6. The number of hydrogen-bond acceptors (Lipinski definition) is 5. The number of carbonyl (C=O) groups is 4. The highest BCUT2D eigenvalue weighted by Crippen LogP contribution is 2.24. The molecule has 0 radical (unpaired) electrons. The second-order valence-electron chi connectivity index (χ2n) is 3.35. The van der Waals surface area contributed by atoms with Gasteiger partial charge in [-0.1, -0.05) is 0 Å². The zero-order valence-corrected chi connectivity index (χ0v) is 8.35. The summed E-state index contributed by atoms with van der Waals surface area (Å²) in [5, 5.41) is 0. The minimum atomic E-state index is -0.922. The van der Waals surface area contributed by atoms with Crippen molar-refractivity contribution >= 4 is 23.8 Å². The Labute approximate surface area is 94.3 Å². The lowest BCUT2D eigenvalue weighted by Crippen LogP contribution is -2.21. The third-order valence-electron chi connectivity index (χ3n) is 2.31. The van der Waals surface area contributed by atoms with Crippen LogP contribution < -0.4 is 11.5 Å². The van der Waals surface area contributed by atoms with E-state index in [1.807, 2.05) is 0 Å². The molecule has 7 nitrogen and oxygen atoms in total. The number of benzene rings is 1. The number of amides is 2. The number of cyclic esters (lactones) is 2. The fourth-order valence-corrected chi connectivity index (χ4v) is 1.54. The summed E-state index contributed by atoms with van der Waals surface area (Å²) in [6.07, 6.45) is 0. The number of primary amides is 2. The lowest BCUT2D eigenvalue weighted by atomic mass is 9.98. The standard InChI is InChI=1S/C10H6N2O5/c11-7(13)3-1-5-6(2-4(3)8(12)14)10(16)17-9(5)15/h1-2H,(H2,11,13)(H2,12,14). The summed E-state index contributed by atoms with van der Waals surface area (Å²) in [6.45, 7) is 0. The molecule has 86 valence electrons. The van der Waals surface area contributed by atoms with Crippen LogP contribution in [-0.4, -0.2) is 23.8 Å². The van der Waals surface area contributed by atoms with Crippen molar-refractivity contribution in [1.29, 1.82) is 0 Å². The molecule has 0 bridgehead atoms. The molecule has 0 spiro atoms. The Bertz CT molecular complexity index is 540. The predicted molar refractivity (Wildman–Crippen MR) is 53.2 cm³/mol. The van der Waals surface area contributed by atoms with Gasteiger partial charge in [0.25, 0.3) is 0 Å². The Morgan fingerprint density at radius 3 is 1.53 bits per heavy atom. The second kappa shape index (κ2) is 3.41. The first kappa shape index (κ1) is 10.8. The number of fused-ring (bicyclic) bond motifs is 1. The molecule has 0 unspecified atom stereocenters. The average Bonchev–Trinajstić information content (AvgIpc) is 2.52. The molecule has 1 aromatic rings. The first-order chi connectivity index (χ1) is 7.91. The van der Waals surface area contributed by atoms with Crippen molar-refractivity contribution in [2.45, 2.75) is 0 Å². The van der Waals surface area contributed by atoms with Gasteiger partial charge in [0.1, 0.15) is 0 Å². The van der Waals surface area contributed by atoms with Crippen LogP contribution in [0.25, 0.3) is 0 Å². The van der Waals surface area contributed by atoms with E-state index in [4.69, 9.17) is 11.5 Å². The van der Waals surface area contributed by atoms with Crippen molar-refractivity contribution < 1.29 is 23.9 Å². The SMILES string of the molecule is NC(=O)c1cc2c(cc1C(N)=O)C(=O)OC2=O. The van der Waals surface area contributed by atoms with Gasteiger partial charge in [-0.15, -0.1) is 0 Å². The van der Waals surface area contributed by atoms with Crippen molar-refractivity contribution in [3.05, 3.63) is 34.4 Å². The molecule has 2 rings (SSSR count). The van der Waals surface area contributed by atoms with E-state index < -0.39 is 23.8 Å². The maximum absolute atomic E-state index is 11.2. The summed E-state index contributed by atoms with van der Waals surface area (Å²) >= 11 is 0. The number of rotatable bonds is 2. The molecule has 0 aliphatic carbocycles. The van der Waals surface area contributed by atoms with E-state index in [1.54, 1.807) is 0 Å². The largest absolute Gasteiger partial charge is 0.386 e. The maximum Gasteiger partial charge on any atom is 0.346 e. The summed E-state index contributed by atoms with van der Waals surface area (Å²) in [6, 6.07) is 2.07. The van der Waals surface area contributed by atoms with Crippen molar-refractivity contribution in [3.8, 4) is 0 Å². The van der Waals surface area contributed by atoms with Gasteiger partial charge in [0.15, 0.2) is 0 Å². The summed E-state index contributed by atoms with van der Waals surface area (Å²) in [7, 11) is 0. The highest BCUT2D eigenvalue weighted by molar-refractivity contribution is 6.18. The van der Waals surface area contributed by atoms with Gasteiger partial charge in [-0.2, -0.15) is 0 Å². The van der Waals surface area contributed by atoms with Crippen LogP contribution in [0.15, 0.2) is 12.1 Å². The van der Waals surface area contributed by atoms with Crippen molar-refractivity contribution in [2.75, 3.05) is 0 Å². The van der Waals surface area contributed by atoms with Crippen molar-refractivity contribution in [1.82, 2.24) is 0 Å². The molecule has 0 saturated heterocycles. The molecule has 0 atom stereocenters. The lowest BCUT2D eigenvalue weighted by molar-refractivity contribution is 0.0443. The van der Waals surface area contributed by atoms with Gasteiger partial charge in [-0.25, -0.2) is 9.59 Å². The van der Waals surface area contributed by atoms with Crippen LogP contribution in [-0.2, 0) is 4.74 Å². The fraction of sp³-hybridized carbons (Fsp3) is 0. The monoisotopic (exact) mass is 234 g/mol. The summed E-state index contributed by atoms with van der Waals surface area (Å²) in [4.78, 5) is 44.6. The quantitative estimate of drug-likeness (QED) is 0.510. The maximum atomic E-state index is 11.2. The predicted octanol–water partition coefficient (Wildman–Crippen LogP) is -0.805. The molecule has 17 heavy (non-hydrogen) atoms. The molecule has 0 saturated carbocycles. The molecule has 4 N–H and O–H groups in total. The smallest absolute Gasteiger partial charge is 0.346 e. The minimum Gasteiger partial charge on any atom is -0.386 e. The van der Waals surface area contributed by atoms with E-state index in [0.717, 1.165) is 12.1 Å². The molecule has 1 aromatic carbocycles. The summed E-state index contributed by atoms with van der Waals surface area (Å²) < 4.78 is 4.32. The van der Waals surface area contributed by atoms with Crippen LogP contribution in [0.3, 0.4) is 0 Å². The van der Waals surface area contributed by atoms with E-state index in [0.29, 0.717) is 0 Å². The molecule has 2 amide bonds. The number of esters is 2. The molecule has 0 aromatic heterocycles. The minimum absolute atomic E-state index is 0.103. The zero-order valence-electron chi connectivity index (χ0n) is 8.35. The molecule has 0 fully saturated rings. The highest BCUT2D eigenvalue weighted by Gasteiger charge is 2.32. The molecule has 1 heterocycles. The van der Waals surface area contributed by atoms with Gasteiger partial charge >= 0.3 is 11.9 Å². The van der Waals surface area contributed by atoms with Crippen LogP contribution >= 0.6 is 0 Å². The van der Waals surface area contributed by atoms with Gasteiger partial charge in [0.2, 0.25) is 11.8 Å². The molecule has 1 aliphatic heterocycles. The molecular weight excluding hydrogens is 228 g/mol. The van der Waals surface area contributed by atoms with E-state index >= 15 is 0 Å². The number of ether oxygens (including phenoxy) is 1. The summed E-state index contributed by atoms with van der Waals surface area (Å²) in [5.74, 6) is -3.62. The van der Waals surface area contributed by atoms with Crippen LogP contribution in [0.4, 0.5) is 0 Å². The zero-order chi connectivity index (χ0) is 12.7. The number of hydrogen-bond donors (Lipinski definition) is 2. The Morgan fingerprint density at radius 1 is 0.882 bits per heavy atom. The van der Waals surface area contributed by atoms with Gasteiger partial charge < -0.3 is 16.2 Å². The number of carbonyl (C=O) groups excluding carboxylic acids is 4. The van der Waals surface area contributed by atoms with Crippen molar-refractivity contribution in [2.24, 2.45) is 11.5 Å². The van der Waals surface area contributed by atoms with Crippen LogP contribution in [0.5, 0.6) is 0 Å². The van der Waals surface area contributed by atoms with Crippen LogP contribution in [0.1, 0.15) is 41.4 Å². The second-order valence-corrected chi connectivity index (χ2v) is 3.35. The van der Waals surface area contributed by atoms with Crippen LogP contribution in [0.2, 0.25) is 0 Å². The van der Waals surface area contributed by atoms with E-state index in [-0.39, 0.29) is 22.3 Å². The first-order valence-electron chi connectivity index (χ1n) is 4.46. The van der Waals surface area contributed by atoms with E-state index in [1.165, 1.54) is 0 Å². The Balaban J connectivity index is 2.76. The average molecular weight is 234 g/mol. The number of nitrogens with two attached hydrogens (primary N) is 2. The Hall–Kier alpha value is -2.70. The van der Waals surface area contributed by atoms with Gasteiger partial charge in [0, 0.05) is 0 Å². The van der Waals surface area contributed by atoms with Gasteiger partial charge in [0.05, 0.1) is 22.3 Å². The van der Waals surface area contributed by atoms with E-state index in [2.05, 4.69) is 4.74 Å². The topological polar surface area (TPSA) is 130 Å². The molecular formula is C10H6N2O5. The third kappa shape index (κ3) is 1.53. The molecule has 7 heteroatoms. The van der Waals surface area contributed by atoms with E-state index in [9.17, 15) is 19.2 Å². The molecule has 1 aliphatic rings. The lowest BCUT2D eigenvalue weighted by Gasteiger charge is -2.03. The normalized spacial score (nSPS) is 13.2. The fourth-order valence-electron chi connectivity index (χ4n) is 1.54. The Kier molecular flexibility index (Phi) is 2.17. The van der Waals surface area contributed by atoms with Gasteiger partial charge in [-0.3, -0.25) is 9.59 Å².